The molecule has 1 heterocycles. The van der Waals surface area contributed by atoms with Gasteiger partial charge in [0.1, 0.15) is 0 Å². The van der Waals surface area contributed by atoms with Crippen molar-refractivity contribution >= 4 is 17.5 Å². The average molecular weight is 332 g/mol. The second-order valence-corrected chi connectivity index (χ2v) is 6.55. The lowest BCUT2D eigenvalue weighted by atomic mass is 10.1. The molecule has 0 spiro atoms. The van der Waals surface area contributed by atoms with Gasteiger partial charge in [-0.1, -0.05) is 12.1 Å². The summed E-state index contributed by atoms with van der Waals surface area (Å²) in [5, 5.41) is 2.69. The number of hydrogen-bond acceptors (Lipinski definition) is 4. The Morgan fingerprint density at radius 3 is 2.42 bits per heavy atom. The van der Waals surface area contributed by atoms with Crippen LogP contribution in [0, 0.1) is 13.8 Å². The predicted molar refractivity (Wildman–Crippen MR) is 96.3 cm³/mol. The number of rotatable bonds is 5. The van der Waals surface area contributed by atoms with Crippen LogP contribution in [0.2, 0.25) is 0 Å². The predicted octanol–water partition coefficient (Wildman–Crippen LogP) is 0.630. The van der Waals surface area contributed by atoms with Crippen molar-refractivity contribution in [3.63, 3.8) is 0 Å². The van der Waals surface area contributed by atoms with E-state index in [1.807, 2.05) is 0 Å². The number of piperazine rings is 1. The minimum atomic E-state index is -0.0944. The van der Waals surface area contributed by atoms with Gasteiger partial charge in [-0.3, -0.25) is 14.5 Å². The summed E-state index contributed by atoms with van der Waals surface area (Å²) in [4.78, 5) is 29.4. The van der Waals surface area contributed by atoms with E-state index in [0.717, 1.165) is 26.2 Å². The number of carbonyl (C=O) groups excluding carboxylic acids is 2. The Balaban J connectivity index is 1.79. The van der Waals surface area contributed by atoms with Crippen LogP contribution in [-0.4, -0.2) is 75.0 Å². The molecule has 132 valence electrons. The summed E-state index contributed by atoms with van der Waals surface area (Å²) >= 11 is 0. The zero-order valence-corrected chi connectivity index (χ0v) is 15.1. The van der Waals surface area contributed by atoms with E-state index in [1.54, 1.807) is 14.1 Å². The first-order chi connectivity index (χ1) is 11.4. The Bertz CT molecular complexity index is 593. The van der Waals surface area contributed by atoms with Crippen LogP contribution in [0.3, 0.4) is 0 Å². The Labute approximate surface area is 144 Å². The van der Waals surface area contributed by atoms with Crippen molar-refractivity contribution in [2.45, 2.75) is 13.8 Å². The highest BCUT2D eigenvalue weighted by atomic mass is 16.2. The molecule has 1 fully saturated rings. The van der Waals surface area contributed by atoms with Crippen molar-refractivity contribution in [3.05, 3.63) is 29.3 Å². The normalized spacial score (nSPS) is 15.2. The third-order valence-electron chi connectivity index (χ3n) is 4.59. The van der Waals surface area contributed by atoms with Crippen molar-refractivity contribution in [3.8, 4) is 0 Å². The monoisotopic (exact) mass is 332 g/mol. The van der Waals surface area contributed by atoms with Crippen LogP contribution < -0.4 is 10.2 Å². The molecule has 1 saturated heterocycles. The molecule has 1 aliphatic heterocycles. The number of anilines is 1. The van der Waals surface area contributed by atoms with E-state index >= 15 is 0 Å². The van der Waals surface area contributed by atoms with Gasteiger partial charge < -0.3 is 15.1 Å². The van der Waals surface area contributed by atoms with Gasteiger partial charge in [0, 0.05) is 46.0 Å². The van der Waals surface area contributed by atoms with Gasteiger partial charge in [0.25, 0.3) is 0 Å². The van der Waals surface area contributed by atoms with E-state index in [2.05, 4.69) is 47.2 Å². The molecule has 6 nitrogen and oxygen atoms in total. The van der Waals surface area contributed by atoms with Crippen molar-refractivity contribution in [1.29, 1.82) is 0 Å². The minimum absolute atomic E-state index is 0.0638. The molecule has 0 atom stereocenters. The molecule has 2 rings (SSSR count). The van der Waals surface area contributed by atoms with Gasteiger partial charge >= 0.3 is 0 Å². The first kappa shape index (κ1) is 18.3. The summed E-state index contributed by atoms with van der Waals surface area (Å²) in [5.74, 6) is -0.187. The highest BCUT2D eigenvalue weighted by Gasteiger charge is 2.20. The van der Waals surface area contributed by atoms with Crippen molar-refractivity contribution in [2.24, 2.45) is 0 Å². The van der Waals surface area contributed by atoms with E-state index in [1.165, 1.54) is 21.7 Å². The van der Waals surface area contributed by atoms with Gasteiger partial charge in [-0.25, -0.2) is 0 Å². The molecule has 0 saturated carbocycles. The lowest BCUT2D eigenvalue weighted by Crippen LogP contribution is -2.50. The largest absolute Gasteiger partial charge is 0.369 e. The standard InChI is InChI=1S/C18H28N4O2/c1-14-6-5-7-16(15(14)2)22-10-8-21(9-11-22)13-17(23)19-12-18(24)20(3)4/h5-7H,8-13H2,1-4H3,(H,19,23). The number of aryl methyl sites for hydroxylation is 1. The second kappa shape index (κ2) is 8.15. The van der Waals surface area contributed by atoms with Crippen LogP contribution in [0.4, 0.5) is 5.69 Å². The molecule has 1 N–H and O–H groups in total. The molecule has 6 heteroatoms. The van der Waals surface area contributed by atoms with Crippen LogP contribution in [0.1, 0.15) is 11.1 Å². The maximum atomic E-state index is 12.0. The van der Waals surface area contributed by atoms with E-state index < -0.39 is 0 Å². The van der Waals surface area contributed by atoms with E-state index in [9.17, 15) is 9.59 Å². The Morgan fingerprint density at radius 2 is 1.79 bits per heavy atom. The fourth-order valence-corrected chi connectivity index (χ4v) is 2.82. The molecule has 0 radical (unpaired) electrons. The number of carbonyl (C=O) groups is 2. The minimum Gasteiger partial charge on any atom is -0.369 e. The molecule has 0 aromatic heterocycles. The Kier molecular flexibility index (Phi) is 6.20. The van der Waals surface area contributed by atoms with Crippen molar-refractivity contribution in [2.75, 3.05) is 58.3 Å². The molecular formula is C18H28N4O2. The summed E-state index contributed by atoms with van der Waals surface area (Å²) < 4.78 is 0. The molecule has 2 amide bonds. The third kappa shape index (κ3) is 4.71. The lowest BCUT2D eigenvalue weighted by molar-refractivity contribution is -0.131. The second-order valence-electron chi connectivity index (χ2n) is 6.55. The first-order valence-corrected chi connectivity index (χ1v) is 8.39. The SMILES string of the molecule is Cc1cccc(N2CCN(CC(=O)NCC(=O)N(C)C)CC2)c1C. The van der Waals surface area contributed by atoms with Gasteiger partial charge in [-0.2, -0.15) is 0 Å². The molecule has 0 unspecified atom stereocenters. The van der Waals surface area contributed by atoms with E-state index in [-0.39, 0.29) is 18.4 Å². The lowest BCUT2D eigenvalue weighted by Gasteiger charge is -2.36. The Morgan fingerprint density at radius 1 is 1.12 bits per heavy atom. The topological polar surface area (TPSA) is 55.9 Å². The summed E-state index contributed by atoms with van der Waals surface area (Å²) in [5.41, 5.74) is 3.92. The molecule has 24 heavy (non-hydrogen) atoms. The molecule has 1 aliphatic rings. The van der Waals surface area contributed by atoms with Crippen molar-refractivity contribution < 1.29 is 9.59 Å². The average Bonchev–Trinajstić information content (AvgIpc) is 2.56. The van der Waals surface area contributed by atoms with Crippen LogP contribution in [0.5, 0.6) is 0 Å². The van der Waals surface area contributed by atoms with Crippen LogP contribution in [0.15, 0.2) is 18.2 Å². The van der Waals surface area contributed by atoms with Crippen LogP contribution >= 0.6 is 0 Å². The van der Waals surface area contributed by atoms with Crippen LogP contribution in [-0.2, 0) is 9.59 Å². The maximum Gasteiger partial charge on any atom is 0.241 e. The zero-order chi connectivity index (χ0) is 17.7. The smallest absolute Gasteiger partial charge is 0.241 e. The number of likely N-dealkylation sites (N-methyl/N-ethyl adjacent to an activating group) is 1. The first-order valence-electron chi connectivity index (χ1n) is 8.39. The van der Waals surface area contributed by atoms with E-state index in [4.69, 9.17) is 0 Å². The number of nitrogens with one attached hydrogen (secondary N) is 1. The van der Waals surface area contributed by atoms with Crippen molar-refractivity contribution in [1.82, 2.24) is 15.1 Å². The van der Waals surface area contributed by atoms with Gasteiger partial charge in [0.2, 0.25) is 11.8 Å². The zero-order valence-electron chi connectivity index (χ0n) is 15.1. The van der Waals surface area contributed by atoms with E-state index in [0.29, 0.717) is 6.54 Å². The van der Waals surface area contributed by atoms with Gasteiger partial charge in [0.15, 0.2) is 0 Å². The number of nitrogens with zero attached hydrogens (tertiary/aromatic N) is 3. The number of amides is 2. The summed E-state index contributed by atoms with van der Waals surface area (Å²) in [6.07, 6.45) is 0. The molecule has 0 bridgehead atoms. The summed E-state index contributed by atoms with van der Waals surface area (Å²) in [7, 11) is 3.36. The highest BCUT2D eigenvalue weighted by molar-refractivity contribution is 5.85. The third-order valence-corrected chi connectivity index (χ3v) is 4.59. The number of benzene rings is 1. The number of hydrogen-bond donors (Lipinski definition) is 1. The molecule has 1 aromatic rings. The van der Waals surface area contributed by atoms with Gasteiger partial charge in [-0.05, 0) is 31.0 Å². The van der Waals surface area contributed by atoms with Crippen LogP contribution in [0.25, 0.3) is 0 Å². The summed E-state index contributed by atoms with van der Waals surface area (Å²) in [6, 6.07) is 6.39. The molecule has 0 aliphatic carbocycles. The van der Waals surface area contributed by atoms with Gasteiger partial charge in [0.05, 0.1) is 13.1 Å². The molecular weight excluding hydrogens is 304 g/mol. The maximum absolute atomic E-state index is 12.0. The quantitative estimate of drug-likeness (QED) is 0.859. The highest BCUT2D eigenvalue weighted by Crippen LogP contribution is 2.23. The Hall–Kier alpha value is -2.08. The fraction of sp³-hybridized carbons (Fsp3) is 0.556. The summed E-state index contributed by atoms with van der Waals surface area (Å²) in [6.45, 7) is 8.23. The fourth-order valence-electron chi connectivity index (χ4n) is 2.82. The molecule has 1 aromatic carbocycles. The van der Waals surface area contributed by atoms with Gasteiger partial charge in [-0.15, -0.1) is 0 Å².